The normalized spacial score (nSPS) is 12.0. The van der Waals surface area contributed by atoms with E-state index in [9.17, 15) is 0 Å². The second-order valence-electron chi connectivity index (χ2n) is 9.13. The van der Waals surface area contributed by atoms with E-state index in [-0.39, 0.29) is 0 Å². The molecular formula is C33H26N2. The summed E-state index contributed by atoms with van der Waals surface area (Å²) in [5.74, 6) is 0.922. The summed E-state index contributed by atoms with van der Waals surface area (Å²) in [6.07, 6.45) is 6.02. The van der Waals surface area contributed by atoms with Crippen molar-refractivity contribution in [2.24, 2.45) is 0 Å². The van der Waals surface area contributed by atoms with E-state index in [1.165, 1.54) is 37.9 Å². The number of imidazole rings is 1. The van der Waals surface area contributed by atoms with Crippen molar-refractivity contribution in [3.05, 3.63) is 133 Å². The van der Waals surface area contributed by atoms with Crippen molar-refractivity contribution in [1.29, 1.82) is 0 Å². The summed E-state index contributed by atoms with van der Waals surface area (Å²) in [5, 5.41) is 7.58. The number of aryl methyl sites for hydroxylation is 1. The smallest absolute Gasteiger partial charge is 0.140 e. The van der Waals surface area contributed by atoms with E-state index in [4.69, 9.17) is 0 Å². The molecule has 0 N–H and O–H groups in total. The molecule has 0 saturated carbocycles. The fraction of sp³-hybridized carbons (Fsp3) is 0.0606. The van der Waals surface area contributed by atoms with Crippen LogP contribution in [0.2, 0.25) is 0 Å². The molecule has 0 fully saturated rings. The second kappa shape index (κ2) is 8.41. The summed E-state index contributed by atoms with van der Waals surface area (Å²) in [6, 6.07) is 32.4. The Hall–Kier alpha value is -4.43. The standard InChI is InChI=1S/C33H26N2/c1-22-15-17-25(18-16-22)35-20-19-34-33(35)24(3)21-23(2)26-13-8-14-31-29-10-5-4-9-27(29)28-11-6-7-12-30(28)32(26)31/h4-21H,2H2,1,3H3/b24-21+. The molecular weight excluding hydrogens is 424 g/mol. The van der Waals surface area contributed by atoms with Crippen LogP contribution < -0.4 is 0 Å². The van der Waals surface area contributed by atoms with Gasteiger partial charge in [0, 0.05) is 18.1 Å². The van der Waals surface area contributed by atoms with Gasteiger partial charge in [-0.1, -0.05) is 91.0 Å². The van der Waals surface area contributed by atoms with Crippen molar-refractivity contribution < 1.29 is 0 Å². The Kier molecular flexibility index (Phi) is 5.08. The lowest BCUT2D eigenvalue weighted by atomic mass is 9.89. The molecule has 168 valence electrons. The lowest BCUT2D eigenvalue weighted by Crippen LogP contribution is -1.99. The fourth-order valence-corrected chi connectivity index (χ4v) is 5.14. The zero-order chi connectivity index (χ0) is 23.9. The molecule has 0 radical (unpaired) electrons. The van der Waals surface area contributed by atoms with E-state index >= 15 is 0 Å². The van der Waals surface area contributed by atoms with E-state index in [0.29, 0.717) is 0 Å². The average Bonchev–Trinajstić information content (AvgIpc) is 3.39. The molecule has 1 aromatic heterocycles. The van der Waals surface area contributed by atoms with E-state index < -0.39 is 0 Å². The van der Waals surface area contributed by atoms with Crippen LogP contribution >= 0.6 is 0 Å². The van der Waals surface area contributed by atoms with Crippen LogP contribution in [0.1, 0.15) is 23.9 Å². The number of rotatable bonds is 4. The van der Waals surface area contributed by atoms with Crippen LogP contribution in [0, 0.1) is 6.92 Å². The molecule has 5 aromatic carbocycles. The minimum absolute atomic E-state index is 0.922. The minimum atomic E-state index is 0.922. The van der Waals surface area contributed by atoms with Crippen LogP contribution in [0.5, 0.6) is 0 Å². The minimum Gasteiger partial charge on any atom is -0.300 e. The van der Waals surface area contributed by atoms with Crippen molar-refractivity contribution in [1.82, 2.24) is 9.55 Å². The molecule has 0 unspecified atom stereocenters. The van der Waals surface area contributed by atoms with Gasteiger partial charge in [0.15, 0.2) is 0 Å². The first-order valence-electron chi connectivity index (χ1n) is 11.9. The zero-order valence-electron chi connectivity index (χ0n) is 20.0. The van der Waals surface area contributed by atoms with Crippen molar-refractivity contribution in [2.45, 2.75) is 13.8 Å². The molecule has 35 heavy (non-hydrogen) atoms. The van der Waals surface area contributed by atoms with Gasteiger partial charge in [0.05, 0.1) is 0 Å². The van der Waals surface area contributed by atoms with Gasteiger partial charge >= 0.3 is 0 Å². The van der Waals surface area contributed by atoms with Gasteiger partial charge < -0.3 is 4.57 Å². The third-order valence-corrected chi connectivity index (χ3v) is 6.81. The molecule has 6 rings (SSSR count). The lowest BCUT2D eigenvalue weighted by Gasteiger charge is -2.15. The molecule has 0 amide bonds. The highest BCUT2D eigenvalue weighted by Gasteiger charge is 2.13. The number of benzene rings is 5. The largest absolute Gasteiger partial charge is 0.300 e. The van der Waals surface area contributed by atoms with Crippen LogP contribution in [-0.4, -0.2) is 9.55 Å². The van der Waals surface area contributed by atoms with Crippen molar-refractivity contribution in [3.8, 4) is 5.69 Å². The fourth-order valence-electron chi connectivity index (χ4n) is 5.14. The van der Waals surface area contributed by atoms with Crippen molar-refractivity contribution in [2.75, 3.05) is 0 Å². The van der Waals surface area contributed by atoms with Gasteiger partial charge in [-0.2, -0.15) is 0 Å². The molecule has 0 spiro atoms. The van der Waals surface area contributed by atoms with Gasteiger partial charge in [-0.05, 0) is 81.1 Å². The molecule has 1 heterocycles. The number of hydrogen-bond donors (Lipinski definition) is 0. The maximum Gasteiger partial charge on any atom is 0.140 e. The third-order valence-electron chi connectivity index (χ3n) is 6.81. The Bertz CT molecular complexity index is 1720. The van der Waals surface area contributed by atoms with Crippen LogP contribution in [0.4, 0.5) is 0 Å². The quantitative estimate of drug-likeness (QED) is 0.194. The van der Waals surface area contributed by atoms with Crippen LogP contribution in [0.3, 0.4) is 0 Å². The Morgan fingerprint density at radius 3 is 1.97 bits per heavy atom. The third kappa shape index (κ3) is 3.55. The number of fused-ring (bicyclic) bond motifs is 6. The molecule has 0 aliphatic rings. The number of aromatic nitrogens is 2. The summed E-state index contributed by atoms with van der Waals surface area (Å²) in [7, 11) is 0. The van der Waals surface area contributed by atoms with Gasteiger partial charge in [-0.3, -0.25) is 0 Å². The van der Waals surface area contributed by atoms with Crippen molar-refractivity contribution in [3.63, 3.8) is 0 Å². The lowest BCUT2D eigenvalue weighted by molar-refractivity contribution is 1.02. The summed E-state index contributed by atoms with van der Waals surface area (Å²) in [5.41, 5.74) is 5.54. The summed E-state index contributed by atoms with van der Waals surface area (Å²) < 4.78 is 2.13. The molecule has 6 aromatic rings. The van der Waals surface area contributed by atoms with Gasteiger partial charge in [-0.15, -0.1) is 0 Å². The van der Waals surface area contributed by atoms with Crippen LogP contribution in [0.15, 0.2) is 116 Å². The number of nitrogens with zero attached hydrogens (tertiary/aromatic N) is 2. The van der Waals surface area contributed by atoms with Crippen LogP contribution in [0.25, 0.3) is 49.2 Å². The average molecular weight is 451 g/mol. The predicted molar refractivity (Wildman–Crippen MR) is 150 cm³/mol. The molecule has 0 aliphatic heterocycles. The Labute approximate surface area is 205 Å². The van der Waals surface area contributed by atoms with E-state index in [1.54, 1.807) is 0 Å². The molecule has 2 heteroatoms. The summed E-state index contributed by atoms with van der Waals surface area (Å²) in [4.78, 5) is 4.67. The highest BCUT2D eigenvalue weighted by Crippen LogP contribution is 2.39. The number of allylic oxidation sites excluding steroid dienone is 3. The Morgan fingerprint density at radius 1 is 0.743 bits per heavy atom. The zero-order valence-corrected chi connectivity index (χ0v) is 20.0. The van der Waals surface area contributed by atoms with Crippen LogP contribution in [-0.2, 0) is 0 Å². The Morgan fingerprint density at radius 2 is 1.31 bits per heavy atom. The van der Waals surface area contributed by atoms with E-state index in [1.807, 2.05) is 12.4 Å². The number of hydrogen-bond acceptors (Lipinski definition) is 1. The van der Waals surface area contributed by atoms with Gasteiger partial charge in [-0.25, -0.2) is 4.98 Å². The van der Waals surface area contributed by atoms with Crippen molar-refractivity contribution >= 4 is 43.5 Å². The molecule has 2 nitrogen and oxygen atoms in total. The van der Waals surface area contributed by atoms with E-state index in [2.05, 4.69) is 127 Å². The Balaban J connectivity index is 1.52. The highest BCUT2D eigenvalue weighted by molar-refractivity contribution is 6.27. The van der Waals surface area contributed by atoms with E-state index in [0.717, 1.165) is 28.2 Å². The first kappa shape index (κ1) is 21.1. The maximum atomic E-state index is 4.67. The predicted octanol–water partition coefficient (Wildman–Crippen LogP) is 8.76. The summed E-state index contributed by atoms with van der Waals surface area (Å²) in [6.45, 7) is 8.72. The SMILES string of the molecule is C=C(/C=C(\C)c1nccn1-c1ccc(C)cc1)c1cccc2c3ccccc3c3ccccc3c12. The van der Waals surface area contributed by atoms with Gasteiger partial charge in [0.2, 0.25) is 0 Å². The first-order chi connectivity index (χ1) is 17.1. The summed E-state index contributed by atoms with van der Waals surface area (Å²) >= 11 is 0. The maximum absolute atomic E-state index is 4.67. The molecule has 0 atom stereocenters. The highest BCUT2D eigenvalue weighted by atomic mass is 15.1. The van der Waals surface area contributed by atoms with Gasteiger partial charge in [0.1, 0.15) is 5.82 Å². The monoisotopic (exact) mass is 450 g/mol. The first-order valence-corrected chi connectivity index (χ1v) is 11.9. The van der Waals surface area contributed by atoms with Gasteiger partial charge in [0.25, 0.3) is 0 Å². The molecule has 0 saturated heterocycles. The molecule has 0 aliphatic carbocycles. The topological polar surface area (TPSA) is 17.8 Å². The molecule has 0 bridgehead atoms. The second-order valence-corrected chi connectivity index (χ2v) is 9.13.